The van der Waals surface area contributed by atoms with E-state index >= 15 is 0 Å². The van der Waals surface area contributed by atoms with Gasteiger partial charge in [0.2, 0.25) is 0 Å². The lowest BCUT2D eigenvalue weighted by Gasteiger charge is -2.07. The van der Waals surface area contributed by atoms with Gasteiger partial charge >= 0.3 is 0 Å². The summed E-state index contributed by atoms with van der Waals surface area (Å²) in [5.74, 6) is -0.112. The number of hydrazone groups is 1. The molecule has 2 rings (SSSR count). The summed E-state index contributed by atoms with van der Waals surface area (Å²) in [6, 6.07) is 14.7. The maximum Gasteiger partial charge on any atom is 0.259 e. The lowest BCUT2D eigenvalue weighted by Crippen LogP contribution is -2.26. The molecule has 0 atom stereocenters. The Morgan fingerprint density at radius 1 is 1.18 bits per heavy atom. The Bertz CT molecular complexity index is 682. The molecule has 0 heterocycles. The van der Waals surface area contributed by atoms with E-state index in [0.29, 0.717) is 11.3 Å². The molecule has 3 N–H and O–H groups in total. The first kappa shape index (κ1) is 15.6. The SMILES string of the molecule is CC(=NNC(=O)CNc1ccccc1)c1cc(C)ccc1O. The number of nitrogens with zero attached hydrogens (tertiary/aromatic N) is 1. The summed E-state index contributed by atoms with van der Waals surface area (Å²) in [5.41, 5.74) is 5.51. The van der Waals surface area contributed by atoms with E-state index in [1.165, 1.54) is 0 Å². The minimum atomic E-state index is -0.254. The molecule has 0 fully saturated rings. The lowest BCUT2D eigenvalue weighted by atomic mass is 10.1. The van der Waals surface area contributed by atoms with Crippen LogP contribution in [0.2, 0.25) is 0 Å². The quantitative estimate of drug-likeness (QED) is 0.587. The van der Waals surface area contributed by atoms with Gasteiger partial charge < -0.3 is 10.4 Å². The minimum Gasteiger partial charge on any atom is -0.507 e. The molecule has 5 heteroatoms. The van der Waals surface area contributed by atoms with Crippen LogP contribution in [0.5, 0.6) is 5.75 Å². The lowest BCUT2D eigenvalue weighted by molar-refractivity contribution is -0.119. The highest BCUT2D eigenvalue weighted by Crippen LogP contribution is 2.18. The van der Waals surface area contributed by atoms with Crippen LogP contribution in [0.15, 0.2) is 53.6 Å². The van der Waals surface area contributed by atoms with Crippen molar-refractivity contribution < 1.29 is 9.90 Å². The molecule has 114 valence electrons. The van der Waals surface area contributed by atoms with Gasteiger partial charge in [-0.15, -0.1) is 0 Å². The topological polar surface area (TPSA) is 73.7 Å². The minimum absolute atomic E-state index is 0.126. The maximum absolute atomic E-state index is 11.8. The van der Waals surface area contributed by atoms with Gasteiger partial charge in [-0.05, 0) is 38.1 Å². The molecule has 0 spiro atoms. The third kappa shape index (κ3) is 4.34. The average molecular weight is 297 g/mol. The summed E-state index contributed by atoms with van der Waals surface area (Å²) >= 11 is 0. The highest BCUT2D eigenvalue weighted by Gasteiger charge is 2.06. The van der Waals surface area contributed by atoms with Crippen molar-refractivity contribution in [1.82, 2.24) is 5.43 Å². The molecule has 5 nitrogen and oxygen atoms in total. The Kier molecular flexibility index (Phi) is 5.14. The largest absolute Gasteiger partial charge is 0.507 e. The number of rotatable bonds is 5. The Hall–Kier alpha value is -2.82. The second kappa shape index (κ2) is 7.26. The van der Waals surface area contributed by atoms with Crippen LogP contribution < -0.4 is 10.7 Å². The van der Waals surface area contributed by atoms with Crippen LogP contribution in [0.4, 0.5) is 5.69 Å². The monoisotopic (exact) mass is 297 g/mol. The van der Waals surface area contributed by atoms with E-state index in [1.54, 1.807) is 13.0 Å². The fourth-order valence-corrected chi connectivity index (χ4v) is 1.92. The van der Waals surface area contributed by atoms with E-state index in [9.17, 15) is 9.90 Å². The Morgan fingerprint density at radius 3 is 2.64 bits per heavy atom. The fraction of sp³-hybridized carbons (Fsp3) is 0.176. The second-order valence-electron chi connectivity index (χ2n) is 4.97. The summed E-state index contributed by atoms with van der Waals surface area (Å²) in [4.78, 5) is 11.8. The third-order valence-corrected chi connectivity index (χ3v) is 3.12. The van der Waals surface area contributed by atoms with Crippen molar-refractivity contribution in [1.29, 1.82) is 0 Å². The van der Waals surface area contributed by atoms with Crippen molar-refractivity contribution in [3.05, 3.63) is 59.7 Å². The first-order chi connectivity index (χ1) is 10.6. The van der Waals surface area contributed by atoms with E-state index in [2.05, 4.69) is 15.8 Å². The van der Waals surface area contributed by atoms with Gasteiger partial charge in [-0.3, -0.25) is 4.79 Å². The van der Waals surface area contributed by atoms with Crippen molar-refractivity contribution in [2.75, 3.05) is 11.9 Å². The van der Waals surface area contributed by atoms with E-state index in [1.807, 2.05) is 49.4 Å². The first-order valence-corrected chi connectivity index (χ1v) is 6.98. The Labute approximate surface area is 129 Å². The van der Waals surface area contributed by atoms with Gasteiger partial charge in [0.05, 0.1) is 12.3 Å². The standard InChI is InChI=1S/C17H19N3O2/c1-12-8-9-16(21)15(10-12)13(2)19-20-17(22)11-18-14-6-4-3-5-7-14/h3-10,18,21H,11H2,1-2H3,(H,20,22). The summed E-state index contributed by atoms with van der Waals surface area (Å²) in [7, 11) is 0. The number of hydrogen-bond acceptors (Lipinski definition) is 4. The van der Waals surface area contributed by atoms with E-state index in [4.69, 9.17) is 0 Å². The first-order valence-electron chi connectivity index (χ1n) is 6.98. The summed E-state index contributed by atoms with van der Waals surface area (Å²) in [6.45, 7) is 3.79. The highest BCUT2D eigenvalue weighted by atomic mass is 16.3. The highest BCUT2D eigenvalue weighted by molar-refractivity contribution is 6.01. The predicted octanol–water partition coefficient (Wildman–Crippen LogP) is 2.65. The van der Waals surface area contributed by atoms with Crippen molar-refractivity contribution in [3.8, 4) is 5.75 Å². The molecule has 2 aromatic carbocycles. The molecule has 22 heavy (non-hydrogen) atoms. The number of amides is 1. The molecular weight excluding hydrogens is 278 g/mol. The molecule has 0 radical (unpaired) electrons. The predicted molar refractivity (Wildman–Crippen MR) is 88.1 cm³/mol. The number of hydrogen-bond donors (Lipinski definition) is 3. The van der Waals surface area contributed by atoms with Crippen LogP contribution in [0, 0.1) is 6.92 Å². The zero-order valence-electron chi connectivity index (χ0n) is 12.6. The van der Waals surface area contributed by atoms with Crippen LogP contribution in [0.1, 0.15) is 18.1 Å². The van der Waals surface area contributed by atoms with E-state index < -0.39 is 0 Å². The Balaban J connectivity index is 1.93. The van der Waals surface area contributed by atoms with Gasteiger partial charge in [0.25, 0.3) is 5.91 Å². The summed E-state index contributed by atoms with van der Waals surface area (Å²) in [6.07, 6.45) is 0. The number of aryl methyl sites for hydroxylation is 1. The molecule has 2 aromatic rings. The number of carbonyl (C=O) groups is 1. The van der Waals surface area contributed by atoms with Gasteiger partial charge in [0, 0.05) is 11.3 Å². The second-order valence-corrected chi connectivity index (χ2v) is 4.97. The summed E-state index contributed by atoms with van der Waals surface area (Å²) in [5, 5.41) is 16.8. The summed E-state index contributed by atoms with van der Waals surface area (Å²) < 4.78 is 0. The number of phenolic OH excluding ortho intramolecular Hbond substituents is 1. The molecule has 0 saturated heterocycles. The van der Waals surface area contributed by atoms with Gasteiger partial charge in [-0.2, -0.15) is 5.10 Å². The molecule has 0 aliphatic heterocycles. The molecule has 0 bridgehead atoms. The molecule has 0 aliphatic carbocycles. The van der Waals surface area contributed by atoms with Gasteiger partial charge in [0.1, 0.15) is 5.75 Å². The fourth-order valence-electron chi connectivity index (χ4n) is 1.92. The van der Waals surface area contributed by atoms with Crippen molar-refractivity contribution >= 4 is 17.3 Å². The number of aromatic hydroxyl groups is 1. The van der Waals surface area contributed by atoms with Gasteiger partial charge in [-0.1, -0.05) is 29.8 Å². The normalized spacial score (nSPS) is 11.1. The van der Waals surface area contributed by atoms with Crippen LogP contribution in [0.25, 0.3) is 0 Å². The number of anilines is 1. The van der Waals surface area contributed by atoms with Crippen LogP contribution >= 0.6 is 0 Å². The molecule has 0 unspecified atom stereocenters. The van der Waals surface area contributed by atoms with Crippen LogP contribution in [-0.4, -0.2) is 23.3 Å². The van der Waals surface area contributed by atoms with Crippen molar-refractivity contribution in [2.45, 2.75) is 13.8 Å². The molecule has 0 aromatic heterocycles. The molecule has 0 aliphatic rings. The Morgan fingerprint density at radius 2 is 1.91 bits per heavy atom. The van der Waals surface area contributed by atoms with E-state index in [0.717, 1.165) is 11.3 Å². The number of phenols is 1. The van der Waals surface area contributed by atoms with Crippen molar-refractivity contribution in [2.24, 2.45) is 5.10 Å². The zero-order chi connectivity index (χ0) is 15.9. The molecular formula is C17H19N3O2. The van der Waals surface area contributed by atoms with Crippen molar-refractivity contribution in [3.63, 3.8) is 0 Å². The van der Waals surface area contributed by atoms with Gasteiger partial charge in [-0.25, -0.2) is 5.43 Å². The number of carbonyl (C=O) groups excluding carboxylic acids is 1. The number of benzene rings is 2. The smallest absolute Gasteiger partial charge is 0.259 e. The number of nitrogens with one attached hydrogen (secondary N) is 2. The van der Waals surface area contributed by atoms with Crippen LogP contribution in [-0.2, 0) is 4.79 Å². The zero-order valence-corrected chi connectivity index (χ0v) is 12.6. The average Bonchev–Trinajstić information content (AvgIpc) is 2.54. The van der Waals surface area contributed by atoms with Gasteiger partial charge in [0.15, 0.2) is 0 Å². The molecule has 1 amide bonds. The van der Waals surface area contributed by atoms with Crippen LogP contribution in [0.3, 0.4) is 0 Å². The third-order valence-electron chi connectivity index (χ3n) is 3.12. The maximum atomic E-state index is 11.8. The van der Waals surface area contributed by atoms with E-state index in [-0.39, 0.29) is 18.2 Å². The number of para-hydroxylation sites is 1. The molecule has 0 saturated carbocycles.